The highest BCUT2D eigenvalue weighted by Gasteiger charge is 2.15. The predicted octanol–water partition coefficient (Wildman–Crippen LogP) is 1.01. The number of piperidine rings is 1. The van der Waals surface area contributed by atoms with Gasteiger partial charge in [0.15, 0.2) is 5.65 Å². The van der Waals surface area contributed by atoms with Gasteiger partial charge in [-0.1, -0.05) is 0 Å². The maximum atomic E-state index is 11.5. The lowest BCUT2D eigenvalue weighted by molar-refractivity contribution is 0.578. The zero-order valence-electron chi connectivity index (χ0n) is 9.02. The zero-order chi connectivity index (χ0) is 11.0. The third-order valence-corrected chi connectivity index (χ3v) is 3.10. The molecule has 16 heavy (non-hydrogen) atoms. The first-order valence-corrected chi connectivity index (χ1v) is 5.66. The van der Waals surface area contributed by atoms with Crippen LogP contribution in [0, 0.1) is 0 Å². The molecule has 0 spiro atoms. The van der Waals surface area contributed by atoms with E-state index in [9.17, 15) is 4.79 Å². The number of aromatic amines is 1. The summed E-state index contributed by atoms with van der Waals surface area (Å²) in [5.41, 5.74) is 1.75. The maximum Gasteiger partial charge on any atom is 0.274 e. The molecule has 0 unspecified atom stereocenters. The van der Waals surface area contributed by atoms with Gasteiger partial charge in [-0.3, -0.25) is 4.79 Å². The van der Waals surface area contributed by atoms with E-state index >= 15 is 0 Å². The summed E-state index contributed by atoms with van der Waals surface area (Å²) >= 11 is 0. The highest BCUT2D eigenvalue weighted by molar-refractivity contribution is 5.67. The molecule has 0 bridgehead atoms. The molecule has 5 nitrogen and oxygen atoms in total. The zero-order valence-corrected chi connectivity index (χ0v) is 9.02. The molecule has 2 aromatic rings. The van der Waals surface area contributed by atoms with Crippen molar-refractivity contribution < 1.29 is 0 Å². The third-order valence-electron chi connectivity index (χ3n) is 3.10. The fourth-order valence-corrected chi connectivity index (χ4v) is 2.27. The van der Waals surface area contributed by atoms with E-state index in [1.807, 2.05) is 0 Å². The first-order chi connectivity index (χ1) is 7.86. The standard InChI is InChI=1S/C11H14N4O/c16-10-4-5-12-11-9(8-13-15(10)11)14-6-2-1-3-7-14/h4-5,8,12H,1-3,6-7H2. The van der Waals surface area contributed by atoms with E-state index in [0.717, 1.165) is 24.4 Å². The van der Waals surface area contributed by atoms with Crippen LogP contribution in [0.15, 0.2) is 23.3 Å². The minimum atomic E-state index is -0.0861. The van der Waals surface area contributed by atoms with Crippen molar-refractivity contribution >= 4 is 11.3 Å². The average Bonchev–Trinajstić information content (AvgIpc) is 2.75. The second-order valence-electron chi connectivity index (χ2n) is 4.15. The van der Waals surface area contributed by atoms with E-state index < -0.39 is 0 Å². The molecule has 1 aliphatic rings. The molecule has 0 amide bonds. The molecule has 1 N–H and O–H groups in total. The van der Waals surface area contributed by atoms with Gasteiger partial charge in [0.05, 0.1) is 6.20 Å². The molecule has 3 rings (SSSR count). The van der Waals surface area contributed by atoms with Crippen molar-refractivity contribution in [1.29, 1.82) is 0 Å². The van der Waals surface area contributed by atoms with E-state index in [0.29, 0.717) is 0 Å². The van der Waals surface area contributed by atoms with Gasteiger partial charge in [-0.05, 0) is 19.3 Å². The molecule has 1 aliphatic heterocycles. The van der Waals surface area contributed by atoms with Crippen molar-refractivity contribution in [3.63, 3.8) is 0 Å². The van der Waals surface area contributed by atoms with Gasteiger partial charge in [0.2, 0.25) is 0 Å². The Bertz CT molecular complexity index is 550. The number of hydrogen-bond donors (Lipinski definition) is 1. The van der Waals surface area contributed by atoms with Gasteiger partial charge in [-0.15, -0.1) is 0 Å². The first-order valence-electron chi connectivity index (χ1n) is 5.66. The van der Waals surface area contributed by atoms with Gasteiger partial charge in [-0.2, -0.15) is 9.61 Å². The monoisotopic (exact) mass is 218 g/mol. The molecular weight excluding hydrogens is 204 g/mol. The van der Waals surface area contributed by atoms with Crippen molar-refractivity contribution in [3.8, 4) is 0 Å². The fourth-order valence-electron chi connectivity index (χ4n) is 2.27. The third kappa shape index (κ3) is 1.39. The molecule has 5 heteroatoms. The molecular formula is C11H14N4O. The van der Waals surface area contributed by atoms with Crippen LogP contribution in [0.2, 0.25) is 0 Å². The first kappa shape index (κ1) is 9.45. The maximum absolute atomic E-state index is 11.5. The summed E-state index contributed by atoms with van der Waals surface area (Å²) in [6.45, 7) is 2.11. The number of hydrogen-bond acceptors (Lipinski definition) is 3. The van der Waals surface area contributed by atoms with Gasteiger partial charge >= 0.3 is 0 Å². The SMILES string of the molecule is O=c1cc[nH]c2c(N3CCCCC3)cnn12. The van der Waals surface area contributed by atoms with E-state index in [-0.39, 0.29) is 5.56 Å². The Morgan fingerprint density at radius 1 is 1.25 bits per heavy atom. The molecule has 0 atom stereocenters. The fraction of sp³-hybridized carbons (Fsp3) is 0.455. The summed E-state index contributed by atoms with van der Waals surface area (Å²) in [5.74, 6) is 0. The van der Waals surface area contributed by atoms with Gasteiger partial charge in [0, 0.05) is 25.4 Å². The molecule has 0 saturated carbocycles. The number of fused-ring (bicyclic) bond motifs is 1. The lowest BCUT2D eigenvalue weighted by Gasteiger charge is -2.27. The Morgan fingerprint density at radius 2 is 2.06 bits per heavy atom. The number of nitrogens with one attached hydrogen (secondary N) is 1. The molecule has 0 radical (unpaired) electrons. The minimum absolute atomic E-state index is 0.0861. The summed E-state index contributed by atoms with van der Waals surface area (Å²) in [6.07, 6.45) is 7.18. The van der Waals surface area contributed by atoms with Crippen LogP contribution in [0.25, 0.3) is 5.65 Å². The molecule has 84 valence electrons. The van der Waals surface area contributed by atoms with Gasteiger partial charge < -0.3 is 9.88 Å². The van der Waals surface area contributed by atoms with E-state index in [4.69, 9.17) is 0 Å². The van der Waals surface area contributed by atoms with Crippen LogP contribution >= 0.6 is 0 Å². The smallest absolute Gasteiger partial charge is 0.274 e. The van der Waals surface area contributed by atoms with E-state index in [2.05, 4.69) is 15.0 Å². The Hall–Kier alpha value is -1.78. The quantitative estimate of drug-likeness (QED) is 0.777. The Labute approximate surface area is 92.7 Å². The van der Waals surface area contributed by atoms with Crippen LogP contribution < -0.4 is 10.5 Å². The lowest BCUT2D eigenvalue weighted by atomic mass is 10.1. The van der Waals surface area contributed by atoms with Crippen LogP contribution in [0.4, 0.5) is 5.69 Å². The number of rotatable bonds is 1. The second-order valence-corrected chi connectivity index (χ2v) is 4.15. The van der Waals surface area contributed by atoms with Crippen LogP contribution in [0.1, 0.15) is 19.3 Å². The topological polar surface area (TPSA) is 53.4 Å². The minimum Gasteiger partial charge on any atom is -0.367 e. The normalized spacial score (nSPS) is 16.9. The summed E-state index contributed by atoms with van der Waals surface area (Å²) in [6, 6.07) is 1.49. The predicted molar refractivity (Wildman–Crippen MR) is 61.9 cm³/mol. The Morgan fingerprint density at radius 3 is 2.88 bits per heavy atom. The van der Waals surface area contributed by atoms with E-state index in [1.54, 1.807) is 12.4 Å². The molecule has 2 aromatic heterocycles. The molecule has 0 aliphatic carbocycles. The van der Waals surface area contributed by atoms with Crippen molar-refractivity contribution in [3.05, 3.63) is 28.8 Å². The number of H-pyrrole nitrogens is 1. The summed E-state index contributed by atoms with van der Waals surface area (Å²) < 4.78 is 1.42. The van der Waals surface area contributed by atoms with Crippen molar-refractivity contribution in [1.82, 2.24) is 14.6 Å². The van der Waals surface area contributed by atoms with Crippen LogP contribution in [-0.4, -0.2) is 27.7 Å². The molecule has 1 saturated heterocycles. The molecule has 1 fully saturated rings. The molecule has 3 heterocycles. The highest BCUT2D eigenvalue weighted by Crippen LogP contribution is 2.22. The largest absolute Gasteiger partial charge is 0.367 e. The number of anilines is 1. The van der Waals surface area contributed by atoms with Crippen LogP contribution in [-0.2, 0) is 0 Å². The van der Waals surface area contributed by atoms with Gasteiger partial charge in [0.25, 0.3) is 5.56 Å². The summed E-state index contributed by atoms with van der Waals surface area (Å²) in [7, 11) is 0. The van der Waals surface area contributed by atoms with Crippen molar-refractivity contribution in [2.75, 3.05) is 18.0 Å². The van der Waals surface area contributed by atoms with Crippen LogP contribution in [0.3, 0.4) is 0 Å². The second kappa shape index (κ2) is 3.66. The van der Waals surface area contributed by atoms with E-state index in [1.165, 1.54) is 29.8 Å². The average molecular weight is 218 g/mol. The van der Waals surface area contributed by atoms with Crippen molar-refractivity contribution in [2.45, 2.75) is 19.3 Å². The Balaban J connectivity index is 2.10. The van der Waals surface area contributed by atoms with Crippen LogP contribution in [0.5, 0.6) is 0 Å². The summed E-state index contributed by atoms with van der Waals surface area (Å²) in [4.78, 5) is 16.9. The Kier molecular flexibility index (Phi) is 2.16. The number of nitrogens with zero attached hydrogens (tertiary/aromatic N) is 3. The number of aromatic nitrogens is 3. The summed E-state index contributed by atoms with van der Waals surface area (Å²) in [5, 5.41) is 4.12. The lowest BCUT2D eigenvalue weighted by Crippen LogP contribution is -2.29. The molecule has 0 aromatic carbocycles. The highest BCUT2D eigenvalue weighted by atomic mass is 16.1. The van der Waals surface area contributed by atoms with Gasteiger partial charge in [-0.25, -0.2) is 0 Å². The van der Waals surface area contributed by atoms with Gasteiger partial charge in [0.1, 0.15) is 5.69 Å². The van der Waals surface area contributed by atoms with Crippen molar-refractivity contribution in [2.24, 2.45) is 0 Å².